The molecular weight excluding hydrogens is 328 g/mol. The summed E-state index contributed by atoms with van der Waals surface area (Å²) >= 11 is 5.95. The highest BCUT2D eigenvalue weighted by Gasteiger charge is 2.14. The number of phenols is 1. The molecule has 3 aromatic rings. The summed E-state index contributed by atoms with van der Waals surface area (Å²) in [5.74, 6) is 0.0421. The van der Waals surface area contributed by atoms with Gasteiger partial charge in [0.05, 0.1) is 5.69 Å². The van der Waals surface area contributed by atoms with Crippen LogP contribution >= 0.6 is 11.6 Å². The van der Waals surface area contributed by atoms with Crippen LogP contribution in [-0.4, -0.2) is 44.8 Å². The molecule has 1 N–H and O–H groups in total. The highest BCUT2D eigenvalue weighted by molar-refractivity contribution is 6.31. The maximum Gasteiger partial charge on any atom is 0.242 e. The van der Waals surface area contributed by atoms with Crippen LogP contribution in [0.2, 0.25) is 5.02 Å². The lowest BCUT2D eigenvalue weighted by Gasteiger charge is -2.11. The molecule has 0 atom stereocenters. The maximum atomic E-state index is 11.9. The highest BCUT2D eigenvalue weighted by Crippen LogP contribution is 2.34. The standard InChI is InChI=1S/C17H17ClN4O2/c1-10-6-12(18)8-14(23)16(10)13-7-11-4-5-22(17(11)20-19-13)9-15(24)21(2)3/h4-8,23H,9H2,1-3H3. The fraction of sp³-hybridized carbons (Fsp3) is 0.235. The number of aryl methyl sites for hydroxylation is 1. The molecule has 0 aliphatic heterocycles. The lowest BCUT2D eigenvalue weighted by Crippen LogP contribution is -2.26. The van der Waals surface area contributed by atoms with E-state index in [0.717, 1.165) is 10.9 Å². The number of likely N-dealkylation sites (N-methyl/N-ethyl adjacent to an activating group) is 1. The van der Waals surface area contributed by atoms with Crippen LogP contribution in [-0.2, 0) is 11.3 Å². The first-order chi connectivity index (χ1) is 11.4. The first-order valence-electron chi connectivity index (χ1n) is 7.39. The topological polar surface area (TPSA) is 71.2 Å². The normalized spacial score (nSPS) is 11.0. The first-order valence-corrected chi connectivity index (χ1v) is 7.77. The summed E-state index contributed by atoms with van der Waals surface area (Å²) < 4.78 is 1.75. The Labute approximate surface area is 144 Å². The second-order valence-corrected chi connectivity index (χ2v) is 6.29. The van der Waals surface area contributed by atoms with E-state index in [2.05, 4.69) is 10.2 Å². The number of fused-ring (bicyclic) bond motifs is 1. The van der Waals surface area contributed by atoms with Crippen molar-refractivity contribution in [2.24, 2.45) is 0 Å². The van der Waals surface area contributed by atoms with Crippen LogP contribution in [0.4, 0.5) is 0 Å². The van der Waals surface area contributed by atoms with Gasteiger partial charge in [-0.3, -0.25) is 4.79 Å². The van der Waals surface area contributed by atoms with Crippen molar-refractivity contribution in [1.29, 1.82) is 0 Å². The molecule has 0 aliphatic rings. The fourth-order valence-electron chi connectivity index (χ4n) is 2.58. The predicted molar refractivity (Wildman–Crippen MR) is 93.1 cm³/mol. The van der Waals surface area contributed by atoms with Gasteiger partial charge in [0.25, 0.3) is 0 Å². The number of halogens is 1. The Kier molecular flexibility index (Phi) is 4.15. The monoisotopic (exact) mass is 344 g/mol. The Bertz CT molecular complexity index is 910. The number of phenolic OH excluding ortho intramolecular Hbond substituents is 1. The SMILES string of the molecule is Cc1cc(Cl)cc(O)c1-c1cc2ccn(CC(=O)N(C)C)c2nn1. The van der Waals surface area contributed by atoms with Gasteiger partial charge in [-0.05, 0) is 36.8 Å². The van der Waals surface area contributed by atoms with E-state index < -0.39 is 0 Å². The third-order valence-corrected chi connectivity index (χ3v) is 4.07. The highest BCUT2D eigenvalue weighted by atomic mass is 35.5. The van der Waals surface area contributed by atoms with Crippen LogP contribution in [0.25, 0.3) is 22.3 Å². The summed E-state index contributed by atoms with van der Waals surface area (Å²) in [7, 11) is 3.42. The zero-order chi connectivity index (χ0) is 17.4. The Morgan fingerprint density at radius 2 is 2.04 bits per heavy atom. The lowest BCUT2D eigenvalue weighted by molar-refractivity contribution is -0.129. The number of hydrogen-bond donors (Lipinski definition) is 1. The number of carbonyl (C=O) groups is 1. The van der Waals surface area contributed by atoms with Crippen molar-refractivity contribution in [3.05, 3.63) is 41.0 Å². The number of nitrogens with zero attached hydrogens (tertiary/aromatic N) is 4. The largest absolute Gasteiger partial charge is 0.507 e. The second kappa shape index (κ2) is 6.13. The third kappa shape index (κ3) is 2.92. The molecule has 124 valence electrons. The summed E-state index contributed by atoms with van der Waals surface area (Å²) in [5, 5.41) is 19.9. The van der Waals surface area contributed by atoms with Crippen LogP contribution in [0, 0.1) is 6.92 Å². The molecule has 24 heavy (non-hydrogen) atoms. The molecule has 0 saturated heterocycles. The molecule has 2 heterocycles. The number of rotatable bonds is 3. The van der Waals surface area contributed by atoms with Crippen LogP contribution in [0.15, 0.2) is 30.5 Å². The molecule has 0 spiro atoms. The second-order valence-electron chi connectivity index (χ2n) is 5.86. The summed E-state index contributed by atoms with van der Waals surface area (Å²) in [5.41, 5.74) is 2.60. The van der Waals surface area contributed by atoms with Gasteiger partial charge in [-0.15, -0.1) is 10.2 Å². The van der Waals surface area contributed by atoms with E-state index in [-0.39, 0.29) is 18.2 Å². The van der Waals surface area contributed by atoms with Crippen molar-refractivity contribution in [3.8, 4) is 17.0 Å². The van der Waals surface area contributed by atoms with Gasteiger partial charge in [-0.2, -0.15) is 0 Å². The van der Waals surface area contributed by atoms with Crippen molar-refractivity contribution >= 4 is 28.5 Å². The molecule has 7 heteroatoms. The summed E-state index contributed by atoms with van der Waals surface area (Å²) in [6.07, 6.45) is 1.80. The summed E-state index contributed by atoms with van der Waals surface area (Å²) in [4.78, 5) is 13.4. The molecule has 0 aliphatic carbocycles. The third-order valence-electron chi connectivity index (χ3n) is 3.85. The van der Waals surface area contributed by atoms with Gasteiger partial charge < -0.3 is 14.6 Å². The van der Waals surface area contributed by atoms with Gasteiger partial charge in [-0.25, -0.2) is 0 Å². The van der Waals surface area contributed by atoms with E-state index in [1.54, 1.807) is 30.9 Å². The average molecular weight is 345 g/mol. The number of amides is 1. The van der Waals surface area contributed by atoms with E-state index in [1.807, 2.05) is 19.1 Å². The van der Waals surface area contributed by atoms with Gasteiger partial charge >= 0.3 is 0 Å². The fourth-order valence-corrected chi connectivity index (χ4v) is 2.85. The molecule has 1 amide bonds. The van der Waals surface area contributed by atoms with Gasteiger partial charge in [0.15, 0.2) is 5.65 Å². The Morgan fingerprint density at radius 1 is 1.29 bits per heavy atom. The van der Waals surface area contributed by atoms with Gasteiger partial charge in [0.1, 0.15) is 12.3 Å². The maximum absolute atomic E-state index is 11.9. The Hall–Kier alpha value is -2.60. The number of benzene rings is 1. The van der Waals surface area contributed by atoms with Crippen LogP contribution in [0.3, 0.4) is 0 Å². The number of carbonyl (C=O) groups excluding carboxylic acids is 1. The van der Waals surface area contributed by atoms with Crippen molar-refractivity contribution in [2.75, 3.05) is 14.1 Å². The Balaban J connectivity index is 2.04. The van der Waals surface area contributed by atoms with E-state index in [0.29, 0.717) is 21.9 Å². The molecule has 6 nitrogen and oxygen atoms in total. The molecule has 0 radical (unpaired) electrons. The van der Waals surface area contributed by atoms with Gasteiger partial charge in [0, 0.05) is 36.3 Å². The quantitative estimate of drug-likeness (QED) is 0.793. The van der Waals surface area contributed by atoms with Crippen LogP contribution in [0.5, 0.6) is 5.75 Å². The average Bonchev–Trinajstić information content (AvgIpc) is 2.88. The number of aromatic hydroxyl groups is 1. The zero-order valence-electron chi connectivity index (χ0n) is 13.6. The molecule has 0 unspecified atom stereocenters. The van der Waals surface area contributed by atoms with Crippen molar-refractivity contribution in [3.63, 3.8) is 0 Å². The molecular formula is C17H17ClN4O2. The van der Waals surface area contributed by atoms with Gasteiger partial charge in [-0.1, -0.05) is 11.6 Å². The Morgan fingerprint density at radius 3 is 2.71 bits per heavy atom. The lowest BCUT2D eigenvalue weighted by atomic mass is 10.0. The molecule has 0 bridgehead atoms. The summed E-state index contributed by atoms with van der Waals surface area (Å²) in [6.45, 7) is 2.06. The van der Waals surface area contributed by atoms with Crippen LogP contribution in [0.1, 0.15) is 5.56 Å². The minimum atomic E-state index is -0.0235. The molecule has 2 aromatic heterocycles. The molecule has 1 aromatic carbocycles. The zero-order valence-corrected chi connectivity index (χ0v) is 14.4. The van der Waals surface area contributed by atoms with Crippen LogP contribution < -0.4 is 0 Å². The van der Waals surface area contributed by atoms with Gasteiger partial charge in [0.2, 0.25) is 5.91 Å². The minimum absolute atomic E-state index is 0.0235. The number of aromatic nitrogens is 3. The first kappa shape index (κ1) is 16.3. The van der Waals surface area contributed by atoms with E-state index >= 15 is 0 Å². The van der Waals surface area contributed by atoms with E-state index in [4.69, 9.17) is 11.6 Å². The number of hydrogen-bond acceptors (Lipinski definition) is 4. The van der Waals surface area contributed by atoms with E-state index in [1.165, 1.54) is 11.0 Å². The van der Waals surface area contributed by atoms with Crippen molar-refractivity contribution < 1.29 is 9.90 Å². The van der Waals surface area contributed by atoms with Crippen molar-refractivity contribution in [1.82, 2.24) is 19.7 Å². The smallest absolute Gasteiger partial charge is 0.242 e. The molecule has 3 rings (SSSR count). The summed E-state index contributed by atoms with van der Waals surface area (Å²) in [6, 6.07) is 6.97. The molecule has 0 fully saturated rings. The van der Waals surface area contributed by atoms with E-state index in [9.17, 15) is 9.90 Å². The minimum Gasteiger partial charge on any atom is -0.507 e. The van der Waals surface area contributed by atoms with Crippen molar-refractivity contribution in [2.45, 2.75) is 13.5 Å². The predicted octanol–water partition coefficient (Wildman–Crippen LogP) is 2.85. The molecule has 0 saturated carbocycles.